The van der Waals surface area contributed by atoms with E-state index in [4.69, 9.17) is 26.1 Å². The summed E-state index contributed by atoms with van der Waals surface area (Å²) in [5.74, 6) is 0.467. The van der Waals surface area contributed by atoms with Gasteiger partial charge in [-0.25, -0.2) is 9.79 Å². The topological polar surface area (TPSA) is 51.1 Å². The molecule has 0 spiro atoms. The van der Waals surface area contributed by atoms with Crippen LogP contribution in [0, 0.1) is 0 Å². The van der Waals surface area contributed by atoms with E-state index in [1.807, 2.05) is 55.5 Å². The van der Waals surface area contributed by atoms with Gasteiger partial charge >= 0.3 is 5.97 Å². The zero-order valence-electron chi connectivity index (χ0n) is 16.9. The number of benzene rings is 2. The maximum atomic E-state index is 12.5. The van der Waals surface area contributed by atoms with E-state index in [9.17, 15) is 4.79 Å². The van der Waals surface area contributed by atoms with Crippen molar-refractivity contribution in [3.05, 3.63) is 81.4 Å². The van der Waals surface area contributed by atoms with Crippen LogP contribution in [0.3, 0.4) is 0 Å². The number of esters is 1. The highest BCUT2D eigenvalue weighted by Gasteiger charge is 2.38. The van der Waals surface area contributed by atoms with Crippen LogP contribution < -0.4 is 4.74 Å². The Labute approximate surface area is 185 Å². The number of fused-ring (bicyclic) bond motifs is 1. The second kappa shape index (κ2) is 8.58. The average Bonchev–Trinajstić information content (AvgIpc) is 3.10. The van der Waals surface area contributed by atoms with Crippen molar-refractivity contribution in [3.8, 4) is 5.75 Å². The number of allylic oxidation sites excluding steroid dienone is 1. The summed E-state index contributed by atoms with van der Waals surface area (Å²) in [6, 6.07) is 15.4. The summed E-state index contributed by atoms with van der Waals surface area (Å²) in [5, 5.41) is 1.43. The molecule has 0 aliphatic carbocycles. The van der Waals surface area contributed by atoms with Crippen molar-refractivity contribution in [1.29, 1.82) is 0 Å². The lowest BCUT2D eigenvalue weighted by molar-refractivity contribution is -0.137. The number of amidine groups is 1. The summed E-state index contributed by atoms with van der Waals surface area (Å²) in [6.45, 7) is 4.06. The summed E-state index contributed by atoms with van der Waals surface area (Å²) in [7, 11) is 1.64. The minimum absolute atomic E-state index is 0.119. The molecule has 2 heterocycles. The van der Waals surface area contributed by atoms with Crippen molar-refractivity contribution >= 4 is 40.2 Å². The molecular formula is C23H21ClN2O3S. The molecule has 0 saturated carbocycles. The Morgan fingerprint density at radius 3 is 2.50 bits per heavy atom. The molecule has 2 aromatic carbocycles. The second-order valence-corrected chi connectivity index (χ2v) is 8.19. The van der Waals surface area contributed by atoms with Crippen LogP contribution in [0.2, 0.25) is 5.02 Å². The van der Waals surface area contributed by atoms with Crippen LogP contribution in [0.15, 0.2) is 70.2 Å². The second-order valence-electron chi connectivity index (χ2n) is 6.78. The van der Waals surface area contributed by atoms with E-state index >= 15 is 0 Å². The molecule has 4 rings (SSSR count). The summed E-state index contributed by atoms with van der Waals surface area (Å²) in [5.41, 5.74) is 3.71. The highest BCUT2D eigenvalue weighted by atomic mass is 35.5. The highest BCUT2D eigenvalue weighted by Crippen LogP contribution is 2.45. The van der Waals surface area contributed by atoms with Crippen LogP contribution in [0.25, 0.3) is 5.70 Å². The van der Waals surface area contributed by atoms with Gasteiger partial charge < -0.3 is 14.4 Å². The van der Waals surface area contributed by atoms with Crippen LogP contribution >= 0.6 is 23.4 Å². The van der Waals surface area contributed by atoms with Gasteiger partial charge in [-0.2, -0.15) is 0 Å². The van der Waals surface area contributed by atoms with Crippen LogP contribution in [-0.2, 0) is 9.53 Å². The molecule has 0 saturated heterocycles. The quantitative estimate of drug-likeness (QED) is 0.563. The van der Waals surface area contributed by atoms with Gasteiger partial charge in [-0.05, 0) is 73.6 Å². The van der Waals surface area contributed by atoms with Gasteiger partial charge in [-0.15, -0.1) is 0 Å². The van der Waals surface area contributed by atoms with E-state index in [1.165, 1.54) is 11.8 Å². The Kier molecular flexibility index (Phi) is 5.88. The van der Waals surface area contributed by atoms with E-state index in [0.29, 0.717) is 16.5 Å². The van der Waals surface area contributed by atoms with Crippen LogP contribution in [0.5, 0.6) is 5.75 Å². The molecule has 5 nitrogen and oxygen atoms in total. The van der Waals surface area contributed by atoms with Gasteiger partial charge in [0.15, 0.2) is 5.17 Å². The minimum atomic E-state index is -0.321. The Hall–Kier alpha value is -2.70. The molecule has 0 N–H and O–H groups in total. The lowest BCUT2D eigenvalue weighted by atomic mass is 10.0. The molecule has 0 fully saturated rings. The molecule has 0 radical (unpaired) electrons. The average molecular weight is 441 g/mol. The van der Waals surface area contributed by atoms with Gasteiger partial charge in [0.25, 0.3) is 0 Å². The van der Waals surface area contributed by atoms with E-state index in [1.54, 1.807) is 14.0 Å². The number of halogens is 1. The molecule has 30 heavy (non-hydrogen) atoms. The predicted molar refractivity (Wildman–Crippen MR) is 121 cm³/mol. The van der Waals surface area contributed by atoms with Crippen molar-refractivity contribution in [2.24, 2.45) is 4.99 Å². The third kappa shape index (κ3) is 3.85. The smallest absolute Gasteiger partial charge is 0.346 e. The van der Waals surface area contributed by atoms with Gasteiger partial charge in [0.05, 0.1) is 25.5 Å². The Morgan fingerprint density at radius 1 is 1.17 bits per heavy atom. The lowest BCUT2D eigenvalue weighted by Crippen LogP contribution is -2.30. The normalized spacial score (nSPS) is 18.0. The maximum Gasteiger partial charge on any atom is 0.346 e. The molecular weight excluding hydrogens is 420 g/mol. The third-order valence-electron chi connectivity index (χ3n) is 4.96. The molecule has 2 aliphatic rings. The standard InChI is InChI=1S/C23H21ClN2O3S/c1-4-29-22(27)21-14(2)26-20(16-5-9-17(24)10-6-16)13-19(25-23(26)30-21)15-7-11-18(28-3)12-8-15/h5-13,20H,4H2,1-3H3. The number of methoxy groups -OCH3 is 1. The van der Waals surface area contributed by atoms with Crippen LogP contribution in [-0.4, -0.2) is 29.8 Å². The first-order valence-corrected chi connectivity index (χ1v) is 10.8. The lowest BCUT2D eigenvalue weighted by Gasteiger charge is -2.32. The molecule has 2 aromatic rings. The van der Waals surface area contributed by atoms with Crippen molar-refractivity contribution in [1.82, 2.24) is 4.90 Å². The number of carbonyl (C=O) groups excluding carboxylic acids is 1. The Morgan fingerprint density at radius 2 is 1.87 bits per heavy atom. The van der Waals surface area contributed by atoms with Crippen LogP contribution in [0.4, 0.5) is 0 Å². The van der Waals surface area contributed by atoms with Gasteiger partial charge in [-0.3, -0.25) is 0 Å². The first-order chi connectivity index (χ1) is 14.5. The van der Waals surface area contributed by atoms with E-state index in [2.05, 4.69) is 11.0 Å². The fourth-order valence-corrected chi connectivity index (χ4v) is 4.64. The third-order valence-corrected chi connectivity index (χ3v) is 6.35. The molecule has 0 aromatic heterocycles. The molecule has 7 heteroatoms. The zero-order valence-corrected chi connectivity index (χ0v) is 18.5. The van der Waals surface area contributed by atoms with Gasteiger partial charge in [-0.1, -0.05) is 23.7 Å². The first kappa shape index (κ1) is 20.6. The number of aliphatic imine (C=N–C) groups is 1. The van der Waals surface area contributed by atoms with Crippen molar-refractivity contribution in [2.75, 3.05) is 13.7 Å². The number of nitrogens with zero attached hydrogens (tertiary/aromatic N) is 2. The van der Waals surface area contributed by atoms with Gasteiger partial charge in [0.1, 0.15) is 10.7 Å². The van der Waals surface area contributed by atoms with Crippen LogP contribution in [0.1, 0.15) is 31.0 Å². The van der Waals surface area contributed by atoms with Gasteiger partial charge in [0.2, 0.25) is 0 Å². The highest BCUT2D eigenvalue weighted by molar-refractivity contribution is 8.18. The summed E-state index contributed by atoms with van der Waals surface area (Å²) < 4.78 is 10.5. The van der Waals surface area contributed by atoms with Crippen molar-refractivity contribution in [3.63, 3.8) is 0 Å². The number of carbonyl (C=O) groups is 1. The molecule has 154 valence electrons. The predicted octanol–water partition coefficient (Wildman–Crippen LogP) is 5.64. The molecule has 0 bridgehead atoms. The zero-order chi connectivity index (χ0) is 21.3. The monoisotopic (exact) mass is 440 g/mol. The van der Waals surface area contributed by atoms with E-state index < -0.39 is 0 Å². The first-order valence-electron chi connectivity index (χ1n) is 9.57. The number of thioether (sulfide) groups is 1. The Bertz CT molecular complexity index is 1060. The van der Waals surface area contributed by atoms with Crippen molar-refractivity contribution < 1.29 is 14.3 Å². The molecule has 0 amide bonds. The summed E-state index contributed by atoms with van der Waals surface area (Å²) >= 11 is 7.45. The fraction of sp³-hybridized carbons (Fsp3) is 0.217. The largest absolute Gasteiger partial charge is 0.497 e. The van der Waals surface area contributed by atoms with E-state index in [-0.39, 0.29) is 12.0 Å². The molecule has 1 unspecified atom stereocenters. The van der Waals surface area contributed by atoms with E-state index in [0.717, 1.165) is 33.4 Å². The molecule has 1 atom stereocenters. The van der Waals surface area contributed by atoms with Crippen molar-refractivity contribution in [2.45, 2.75) is 19.9 Å². The number of ether oxygens (including phenoxy) is 2. The SMILES string of the molecule is CCOC(=O)C1=C(C)N2C(=NC(c3ccc(OC)cc3)=CC2c2ccc(Cl)cc2)S1. The number of rotatable bonds is 5. The summed E-state index contributed by atoms with van der Waals surface area (Å²) in [4.78, 5) is 20.0. The number of hydrogen-bond acceptors (Lipinski definition) is 6. The maximum absolute atomic E-state index is 12.5. The summed E-state index contributed by atoms with van der Waals surface area (Å²) in [6.07, 6.45) is 2.10. The minimum Gasteiger partial charge on any atom is -0.497 e. The Balaban J connectivity index is 1.78. The number of hydrogen-bond donors (Lipinski definition) is 0. The molecule has 2 aliphatic heterocycles. The van der Waals surface area contributed by atoms with Gasteiger partial charge in [0, 0.05) is 16.3 Å². The fourth-order valence-electron chi connectivity index (χ4n) is 3.45.